The van der Waals surface area contributed by atoms with Crippen LogP contribution in [0.1, 0.15) is 13.8 Å². The van der Waals surface area contributed by atoms with Crippen LogP contribution >= 0.6 is 0 Å². The highest BCUT2D eigenvalue weighted by atomic mass is 19.1. The van der Waals surface area contributed by atoms with Gasteiger partial charge in [-0.3, -0.25) is 0 Å². The molecule has 3 aromatic rings. The van der Waals surface area contributed by atoms with Crippen molar-refractivity contribution in [2.75, 3.05) is 18.4 Å². The summed E-state index contributed by atoms with van der Waals surface area (Å²) in [5, 5.41) is 28.2. The van der Waals surface area contributed by atoms with E-state index in [2.05, 4.69) is 20.6 Å². The lowest BCUT2D eigenvalue weighted by atomic mass is 9.87. The summed E-state index contributed by atoms with van der Waals surface area (Å²) < 4.78 is 13.7. The second kappa shape index (κ2) is 7.00. The number of benzene rings is 2. The van der Waals surface area contributed by atoms with Crippen LogP contribution in [-0.2, 0) is 0 Å². The third-order valence-electron chi connectivity index (χ3n) is 5.25. The normalized spacial score (nSPS) is 19.9. The molecule has 1 aliphatic rings. The average Bonchev–Trinajstić information content (AvgIpc) is 3.12. The van der Waals surface area contributed by atoms with Crippen LogP contribution < -0.4 is 10.6 Å². The van der Waals surface area contributed by atoms with Gasteiger partial charge >= 0.3 is 0 Å². The summed E-state index contributed by atoms with van der Waals surface area (Å²) in [7, 11) is 0. The van der Waals surface area contributed by atoms with Crippen molar-refractivity contribution in [1.29, 1.82) is 0 Å². The van der Waals surface area contributed by atoms with Gasteiger partial charge in [-0.1, -0.05) is 12.1 Å². The molecule has 0 amide bonds. The monoisotopic (exact) mass is 382 g/mol. The number of hydrogen-bond acceptors (Lipinski definition) is 6. The van der Waals surface area contributed by atoms with Gasteiger partial charge < -0.3 is 20.8 Å². The van der Waals surface area contributed by atoms with Gasteiger partial charge in [0.1, 0.15) is 17.4 Å². The fraction of sp³-hybridized carbons (Fsp3) is 0.333. The van der Waals surface area contributed by atoms with Gasteiger partial charge in [-0.15, -0.1) is 0 Å². The summed E-state index contributed by atoms with van der Waals surface area (Å²) >= 11 is 0. The van der Waals surface area contributed by atoms with Gasteiger partial charge in [0.15, 0.2) is 5.82 Å². The van der Waals surface area contributed by atoms with Crippen molar-refractivity contribution >= 4 is 16.7 Å². The fourth-order valence-corrected chi connectivity index (χ4v) is 3.74. The number of anilines is 1. The highest BCUT2D eigenvalue weighted by Gasteiger charge is 2.38. The molecule has 4 N–H and O–H groups in total. The molecule has 1 fully saturated rings. The third kappa shape index (κ3) is 3.50. The maximum absolute atomic E-state index is 13.7. The first-order valence-corrected chi connectivity index (χ1v) is 9.28. The Bertz CT molecular complexity index is 1020. The predicted octanol–water partition coefficient (Wildman–Crippen LogP) is 2.91. The van der Waals surface area contributed by atoms with Crippen LogP contribution in [0.15, 0.2) is 42.5 Å². The molecule has 1 saturated heterocycles. The Balaban J connectivity index is 1.80. The Hall–Kier alpha value is -2.77. The number of halogens is 1. The summed E-state index contributed by atoms with van der Waals surface area (Å²) in [6.45, 7) is 4.98. The summed E-state index contributed by atoms with van der Waals surface area (Å²) in [5.74, 6) is 0.268. The molecule has 146 valence electrons. The number of para-hydroxylation sites is 1. The Morgan fingerprint density at radius 1 is 1.14 bits per heavy atom. The zero-order chi connectivity index (χ0) is 19.9. The molecule has 1 aliphatic heterocycles. The van der Waals surface area contributed by atoms with E-state index in [-0.39, 0.29) is 29.1 Å². The third-order valence-corrected chi connectivity index (χ3v) is 5.25. The zero-order valence-corrected chi connectivity index (χ0v) is 15.8. The first-order valence-electron chi connectivity index (χ1n) is 9.28. The van der Waals surface area contributed by atoms with Crippen LogP contribution in [0.3, 0.4) is 0 Å². The van der Waals surface area contributed by atoms with Crippen molar-refractivity contribution in [3.8, 4) is 17.1 Å². The lowest BCUT2D eigenvalue weighted by Gasteiger charge is -2.31. The van der Waals surface area contributed by atoms with E-state index < -0.39 is 11.4 Å². The van der Waals surface area contributed by atoms with E-state index in [9.17, 15) is 14.6 Å². The summed E-state index contributed by atoms with van der Waals surface area (Å²) in [6.07, 6.45) is 0. The quantitative estimate of drug-likeness (QED) is 0.555. The fourth-order valence-electron chi connectivity index (χ4n) is 3.74. The van der Waals surface area contributed by atoms with E-state index in [0.717, 1.165) is 5.39 Å². The van der Waals surface area contributed by atoms with E-state index in [0.29, 0.717) is 24.4 Å². The number of phenols is 1. The van der Waals surface area contributed by atoms with Crippen LogP contribution in [0.2, 0.25) is 0 Å². The highest BCUT2D eigenvalue weighted by Crippen LogP contribution is 2.32. The van der Waals surface area contributed by atoms with Crippen molar-refractivity contribution in [2.45, 2.75) is 25.5 Å². The molecule has 0 bridgehead atoms. The Labute approximate surface area is 162 Å². The van der Waals surface area contributed by atoms with Crippen LogP contribution in [0.5, 0.6) is 5.75 Å². The first-order chi connectivity index (χ1) is 13.3. The largest absolute Gasteiger partial charge is 0.507 e. The van der Waals surface area contributed by atoms with Crippen molar-refractivity contribution in [3.63, 3.8) is 0 Å². The lowest BCUT2D eigenvalue weighted by Crippen LogP contribution is -2.42. The second-order valence-corrected chi connectivity index (χ2v) is 7.74. The minimum Gasteiger partial charge on any atom is -0.507 e. The molecule has 0 radical (unpaired) electrons. The number of rotatable bonds is 4. The Kier molecular flexibility index (Phi) is 4.64. The average molecular weight is 382 g/mol. The van der Waals surface area contributed by atoms with E-state index in [4.69, 9.17) is 0 Å². The standard InChI is InChI=1S/C21H23FN4O2/c1-21(2,28)15-10-23-11-17(15)25-19-13-5-3-4-6-16(13)24-20(26-19)14-9-12(22)7-8-18(14)27/h3-9,15,17,23,27-28H,10-11H2,1-2H3,(H,24,25,26). The topological polar surface area (TPSA) is 90.3 Å². The molecule has 28 heavy (non-hydrogen) atoms. The number of hydrogen-bond donors (Lipinski definition) is 4. The molecule has 7 heteroatoms. The smallest absolute Gasteiger partial charge is 0.165 e. The highest BCUT2D eigenvalue weighted by molar-refractivity contribution is 5.91. The summed E-state index contributed by atoms with van der Waals surface area (Å²) in [6, 6.07) is 11.2. The molecule has 0 saturated carbocycles. The van der Waals surface area contributed by atoms with Crippen molar-refractivity contribution < 1.29 is 14.6 Å². The van der Waals surface area contributed by atoms with Crippen molar-refractivity contribution in [2.24, 2.45) is 5.92 Å². The molecule has 0 aliphatic carbocycles. The molecular formula is C21H23FN4O2. The maximum atomic E-state index is 13.7. The van der Waals surface area contributed by atoms with E-state index in [1.165, 1.54) is 18.2 Å². The van der Waals surface area contributed by atoms with Gasteiger partial charge in [0, 0.05) is 30.4 Å². The molecule has 6 nitrogen and oxygen atoms in total. The molecule has 2 unspecified atom stereocenters. The minimum absolute atomic E-state index is 0.00718. The summed E-state index contributed by atoms with van der Waals surface area (Å²) in [5.41, 5.74) is 0.0648. The lowest BCUT2D eigenvalue weighted by molar-refractivity contribution is 0.0219. The molecule has 2 atom stereocenters. The van der Waals surface area contributed by atoms with Gasteiger partial charge in [0.05, 0.1) is 16.7 Å². The van der Waals surface area contributed by atoms with E-state index >= 15 is 0 Å². The molecule has 0 spiro atoms. The zero-order valence-electron chi connectivity index (χ0n) is 15.8. The van der Waals surface area contributed by atoms with Gasteiger partial charge in [-0.05, 0) is 44.2 Å². The molecular weight excluding hydrogens is 359 g/mol. The summed E-state index contributed by atoms with van der Waals surface area (Å²) in [4.78, 5) is 9.10. The number of aromatic hydroxyl groups is 1. The minimum atomic E-state index is -0.854. The van der Waals surface area contributed by atoms with Gasteiger partial charge in [0.2, 0.25) is 0 Å². The van der Waals surface area contributed by atoms with Crippen molar-refractivity contribution in [1.82, 2.24) is 15.3 Å². The van der Waals surface area contributed by atoms with Gasteiger partial charge in [-0.25, -0.2) is 14.4 Å². The van der Waals surface area contributed by atoms with E-state index in [1.807, 2.05) is 24.3 Å². The predicted molar refractivity (Wildman–Crippen MR) is 107 cm³/mol. The van der Waals surface area contributed by atoms with E-state index in [1.54, 1.807) is 13.8 Å². The first kappa shape index (κ1) is 18.6. The Morgan fingerprint density at radius 2 is 1.93 bits per heavy atom. The van der Waals surface area contributed by atoms with Gasteiger partial charge in [-0.2, -0.15) is 0 Å². The van der Waals surface area contributed by atoms with Crippen LogP contribution in [0.25, 0.3) is 22.3 Å². The number of aliphatic hydroxyl groups is 1. The molecule has 2 aromatic carbocycles. The number of phenolic OH excluding ortho intramolecular Hbond substituents is 1. The number of nitrogens with zero attached hydrogens (tertiary/aromatic N) is 2. The molecule has 4 rings (SSSR count). The van der Waals surface area contributed by atoms with Crippen LogP contribution in [0.4, 0.5) is 10.2 Å². The SMILES string of the molecule is CC(C)(O)C1CNCC1Nc1nc(-c2cc(F)ccc2O)nc2ccccc12. The van der Waals surface area contributed by atoms with Gasteiger partial charge in [0.25, 0.3) is 0 Å². The molecule has 2 heterocycles. The number of fused-ring (bicyclic) bond motifs is 1. The second-order valence-electron chi connectivity index (χ2n) is 7.74. The molecule has 1 aromatic heterocycles. The maximum Gasteiger partial charge on any atom is 0.165 e. The van der Waals surface area contributed by atoms with Crippen LogP contribution in [-0.4, -0.2) is 44.9 Å². The van der Waals surface area contributed by atoms with Crippen molar-refractivity contribution in [3.05, 3.63) is 48.3 Å². The van der Waals surface area contributed by atoms with Crippen LogP contribution in [0, 0.1) is 11.7 Å². The Morgan fingerprint density at radius 3 is 2.71 bits per heavy atom. The number of aromatic nitrogens is 2. The number of nitrogens with one attached hydrogen (secondary N) is 2.